The van der Waals surface area contributed by atoms with Crippen LogP contribution in [0, 0.1) is 13.8 Å². The van der Waals surface area contributed by atoms with Crippen LogP contribution in [-0.2, 0) is 35.1 Å². The van der Waals surface area contributed by atoms with Gasteiger partial charge in [0.25, 0.3) is 0 Å². The Morgan fingerprint density at radius 1 is 0.722 bits per heavy atom. The van der Waals surface area contributed by atoms with Gasteiger partial charge in [0.15, 0.2) is 10.1 Å². The summed E-state index contributed by atoms with van der Waals surface area (Å²) in [6.07, 6.45) is 0. The van der Waals surface area contributed by atoms with Crippen molar-refractivity contribution in [3.05, 3.63) is 143 Å². The number of hydrogen-bond donors (Lipinski definition) is 0. The van der Waals surface area contributed by atoms with Crippen molar-refractivity contribution in [3.63, 3.8) is 0 Å². The Morgan fingerprint density at radius 3 is 1.78 bits per heavy atom. The highest BCUT2D eigenvalue weighted by atomic mass is 32.2. The number of benzene rings is 5. The summed E-state index contributed by atoms with van der Waals surface area (Å²) in [5.74, 6) is 0.827. The summed E-state index contributed by atoms with van der Waals surface area (Å²) in [6.45, 7) is 4.40. The number of alkyl halides is 3. The van der Waals surface area contributed by atoms with Crippen LogP contribution >= 0.6 is 0 Å². The number of halogens is 3. The van der Waals surface area contributed by atoms with Crippen molar-refractivity contribution in [1.82, 2.24) is 0 Å². The van der Waals surface area contributed by atoms with E-state index in [1.807, 2.05) is 123 Å². The standard InChI is InChI=1S/C39H34NO6.CHF3O3S/c1-25-19-28(38(41)45-23-27-11-7-5-8-12-27)20-26(2)34(25)24-44-31-16-18-36-33(22-31)37(39(42)46-29-13-9-6-10-14-29)32-21-30(43-4)15-17-35(32)40(36)3;2-1(3,4)8(5,6)7/h5-22H,23-24H2,1-4H3;(H,5,6,7)/q+1;/p-1. The minimum atomic E-state index is -6.09. The second-order valence-electron chi connectivity index (χ2n) is 12.0. The summed E-state index contributed by atoms with van der Waals surface area (Å²) in [4.78, 5) is 26.6. The van der Waals surface area contributed by atoms with E-state index in [0.29, 0.717) is 39.1 Å². The minimum Gasteiger partial charge on any atom is -0.741 e. The molecule has 0 unspecified atom stereocenters. The number of nitrogens with zero attached hydrogens (tertiary/aromatic N) is 1. The fraction of sp³-hybridized carbons (Fsp3) is 0.175. The number of ether oxygens (including phenoxy) is 4. The molecule has 0 radical (unpaired) electrons. The molecular formula is C40H34F3NO9S. The van der Waals surface area contributed by atoms with Crippen molar-refractivity contribution in [3.8, 4) is 17.2 Å². The topological polar surface area (TPSA) is 132 Å². The molecule has 5 aromatic carbocycles. The van der Waals surface area contributed by atoms with Gasteiger partial charge in [0.05, 0.1) is 29.0 Å². The van der Waals surface area contributed by atoms with E-state index in [0.717, 1.165) is 33.3 Å². The Labute approximate surface area is 309 Å². The second kappa shape index (κ2) is 16.4. The smallest absolute Gasteiger partial charge is 0.485 e. The van der Waals surface area contributed by atoms with Crippen molar-refractivity contribution in [2.75, 3.05) is 7.11 Å². The van der Waals surface area contributed by atoms with Gasteiger partial charge in [-0.1, -0.05) is 48.5 Å². The number of methoxy groups -OCH3 is 1. The molecule has 280 valence electrons. The fourth-order valence-corrected chi connectivity index (χ4v) is 5.67. The van der Waals surface area contributed by atoms with Gasteiger partial charge in [0, 0.05) is 12.1 Å². The largest absolute Gasteiger partial charge is 0.741 e. The summed E-state index contributed by atoms with van der Waals surface area (Å²) >= 11 is 0. The summed E-state index contributed by atoms with van der Waals surface area (Å²) in [6, 6.07) is 33.6. The summed E-state index contributed by atoms with van der Waals surface area (Å²) < 4.78 is 84.1. The van der Waals surface area contributed by atoms with Crippen LogP contribution in [0.2, 0.25) is 0 Å². The molecule has 0 saturated heterocycles. The Hall–Kier alpha value is -5.99. The first-order valence-electron chi connectivity index (χ1n) is 16.2. The number of aromatic nitrogens is 1. The maximum absolute atomic E-state index is 13.8. The molecule has 1 heterocycles. The van der Waals surface area contributed by atoms with Crippen molar-refractivity contribution in [2.24, 2.45) is 7.05 Å². The van der Waals surface area contributed by atoms with Crippen LogP contribution in [0.25, 0.3) is 21.8 Å². The number of pyridine rings is 1. The van der Waals surface area contributed by atoms with Crippen molar-refractivity contribution in [1.29, 1.82) is 0 Å². The molecular weight excluding hydrogens is 727 g/mol. The lowest BCUT2D eigenvalue weighted by atomic mass is 9.99. The number of hydrogen-bond acceptors (Lipinski definition) is 9. The number of carbonyl (C=O) groups excluding carboxylic acids is 2. The number of carbonyl (C=O) groups is 2. The Bertz CT molecular complexity index is 2410. The molecule has 14 heteroatoms. The lowest BCUT2D eigenvalue weighted by Crippen LogP contribution is -2.31. The van der Waals surface area contributed by atoms with Crippen molar-refractivity contribution in [2.45, 2.75) is 32.6 Å². The van der Waals surface area contributed by atoms with E-state index < -0.39 is 21.6 Å². The van der Waals surface area contributed by atoms with Gasteiger partial charge in [0.2, 0.25) is 11.0 Å². The van der Waals surface area contributed by atoms with Gasteiger partial charge < -0.3 is 23.5 Å². The molecule has 0 aliphatic rings. The fourth-order valence-electron chi connectivity index (χ4n) is 5.67. The normalized spacial score (nSPS) is 11.4. The lowest BCUT2D eigenvalue weighted by Gasteiger charge is -2.15. The van der Waals surface area contributed by atoms with Gasteiger partial charge in [-0.3, -0.25) is 0 Å². The van der Waals surface area contributed by atoms with Crippen LogP contribution < -0.4 is 18.8 Å². The van der Waals surface area contributed by atoms with Crippen LogP contribution in [0.3, 0.4) is 0 Å². The Balaban J connectivity index is 0.000000631. The molecule has 10 nitrogen and oxygen atoms in total. The van der Waals surface area contributed by atoms with E-state index in [9.17, 15) is 22.8 Å². The van der Waals surface area contributed by atoms with Gasteiger partial charge in [0.1, 0.15) is 37.5 Å². The Kier molecular flexibility index (Phi) is 11.9. The highest BCUT2D eigenvalue weighted by Gasteiger charge is 2.37. The van der Waals surface area contributed by atoms with E-state index in [2.05, 4.69) is 0 Å². The molecule has 6 rings (SSSR count). The molecule has 0 aliphatic heterocycles. The quantitative estimate of drug-likeness (QED) is 0.0364. The van der Waals surface area contributed by atoms with Crippen molar-refractivity contribution < 1.29 is 59.2 Å². The molecule has 0 fully saturated rings. The van der Waals surface area contributed by atoms with E-state index in [4.69, 9.17) is 31.9 Å². The number of para-hydroxylation sites is 1. The third-order valence-corrected chi connectivity index (χ3v) is 8.97. The predicted octanol–water partition coefficient (Wildman–Crippen LogP) is 7.65. The van der Waals surface area contributed by atoms with E-state index in [1.165, 1.54) is 0 Å². The van der Waals surface area contributed by atoms with E-state index >= 15 is 0 Å². The number of esters is 2. The first-order valence-corrected chi connectivity index (χ1v) is 17.6. The van der Waals surface area contributed by atoms with Gasteiger partial charge in [-0.2, -0.15) is 17.7 Å². The molecule has 0 atom stereocenters. The van der Waals surface area contributed by atoms with Crippen LogP contribution in [-0.4, -0.2) is 37.5 Å². The maximum atomic E-state index is 13.8. The summed E-state index contributed by atoms with van der Waals surface area (Å²) in [5.41, 5.74) is 0.713. The number of rotatable bonds is 9. The molecule has 0 N–H and O–H groups in total. The zero-order valence-corrected chi connectivity index (χ0v) is 30.3. The van der Waals surface area contributed by atoms with E-state index in [1.54, 1.807) is 19.2 Å². The molecule has 6 aromatic rings. The van der Waals surface area contributed by atoms with Gasteiger partial charge in [-0.25, -0.2) is 18.0 Å². The SMILES string of the molecule is COc1ccc2c(c1)c(C(=O)Oc1ccccc1)c1cc(OCc3c(C)cc(C(=O)OCc4ccccc4)cc3C)ccc1[n+]2C.O=S(=O)([O-])C(F)(F)F. The molecule has 0 bridgehead atoms. The van der Waals surface area contributed by atoms with Crippen LogP contribution in [0.5, 0.6) is 17.2 Å². The first-order chi connectivity index (χ1) is 25.6. The van der Waals surface area contributed by atoms with Crippen LogP contribution in [0.15, 0.2) is 109 Å². The summed E-state index contributed by atoms with van der Waals surface area (Å²) in [7, 11) is -2.53. The third kappa shape index (κ3) is 9.14. The zero-order chi connectivity index (χ0) is 39.2. The summed E-state index contributed by atoms with van der Waals surface area (Å²) in [5, 5.41) is 1.39. The third-order valence-electron chi connectivity index (χ3n) is 8.40. The van der Waals surface area contributed by atoms with Crippen molar-refractivity contribution >= 4 is 43.9 Å². The first kappa shape index (κ1) is 39.2. The maximum Gasteiger partial charge on any atom is 0.485 e. The predicted molar refractivity (Wildman–Crippen MR) is 192 cm³/mol. The van der Waals surface area contributed by atoms with E-state index in [-0.39, 0.29) is 19.2 Å². The average Bonchev–Trinajstić information content (AvgIpc) is 3.13. The molecule has 0 saturated carbocycles. The number of fused-ring (bicyclic) bond motifs is 2. The highest BCUT2D eigenvalue weighted by molar-refractivity contribution is 7.86. The zero-order valence-electron chi connectivity index (χ0n) is 29.5. The van der Waals surface area contributed by atoms with Gasteiger partial charge in [-0.05, 0) is 84.6 Å². The minimum absolute atomic E-state index is 0.214. The second-order valence-corrected chi connectivity index (χ2v) is 13.4. The molecule has 54 heavy (non-hydrogen) atoms. The molecule has 0 amide bonds. The molecule has 0 spiro atoms. The lowest BCUT2D eigenvalue weighted by molar-refractivity contribution is -0.617. The van der Waals surface area contributed by atoms with Gasteiger partial charge >= 0.3 is 17.4 Å². The average molecular weight is 762 g/mol. The number of aryl methyl sites for hydroxylation is 3. The highest BCUT2D eigenvalue weighted by Crippen LogP contribution is 2.32. The van der Waals surface area contributed by atoms with Crippen LogP contribution in [0.4, 0.5) is 13.2 Å². The van der Waals surface area contributed by atoms with Gasteiger partial charge in [-0.15, -0.1) is 0 Å². The van der Waals surface area contributed by atoms with Crippen LogP contribution in [0.1, 0.15) is 43.0 Å². The molecule has 1 aromatic heterocycles. The Morgan fingerprint density at radius 2 is 1.24 bits per heavy atom. The monoisotopic (exact) mass is 761 g/mol. The molecule has 0 aliphatic carbocycles.